The van der Waals surface area contributed by atoms with Crippen LogP contribution < -0.4 is 10.8 Å². The van der Waals surface area contributed by atoms with E-state index in [1.54, 1.807) is 17.6 Å². The van der Waals surface area contributed by atoms with E-state index in [4.69, 9.17) is 10.2 Å². The van der Waals surface area contributed by atoms with Gasteiger partial charge in [-0.3, -0.25) is 10.0 Å². The lowest BCUT2D eigenvalue weighted by Crippen LogP contribution is -2.18. The van der Waals surface area contributed by atoms with Crippen LogP contribution in [0.15, 0.2) is 78.9 Å². The molecule has 3 N–H and O–H groups in total. The number of amides is 1. The number of hydrogen-bond acceptors (Lipinski definition) is 5. The summed E-state index contributed by atoms with van der Waals surface area (Å²) in [5.41, 5.74) is 5.76. The maximum atomic E-state index is 11.4. The molecule has 0 saturated heterocycles. The summed E-state index contributed by atoms with van der Waals surface area (Å²) in [7, 11) is 0. The summed E-state index contributed by atoms with van der Waals surface area (Å²) in [5.74, 6) is -0.000365. The van der Waals surface area contributed by atoms with Gasteiger partial charge in [0.15, 0.2) is 0 Å². The van der Waals surface area contributed by atoms with Gasteiger partial charge in [0.2, 0.25) is 5.95 Å². The van der Waals surface area contributed by atoms with Crippen molar-refractivity contribution in [1.82, 2.24) is 15.4 Å². The van der Waals surface area contributed by atoms with Gasteiger partial charge in [-0.15, -0.1) is 0 Å². The highest BCUT2D eigenvalue weighted by molar-refractivity contribution is 5.93. The third-order valence-electron chi connectivity index (χ3n) is 4.42. The predicted molar refractivity (Wildman–Crippen MR) is 108 cm³/mol. The van der Waals surface area contributed by atoms with E-state index in [1.165, 1.54) is 0 Å². The summed E-state index contributed by atoms with van der Waals surface area (Å²) in [4.78, 5) is 20.7. The number of rotatable bonds is 5. The van der Waals surface area contributed by atoms with Gasteiger partial charge in [-0.1, -0.05) is 60.7 Å². The minimum Gasteiger partial charge on any atom is -0.350 e. The number of hydrogen-bond donors (Lipinski definition) is 3. The maximum absolute atomic E-state index is 11.4. The first-order chi connectivity index (χ1) is 13.7. The van der Waals surface area contributed by atoms with Crippen molar-refractivity contribution >= 4 is 22.8 Å². The number of hydroxylamine groups is 1. The molecule has 0 spiro atoms. The zero-order chi connectivity index (χ0) is 19.3. The van der Waals surface area contributed by atoms with Crippen LogP contribution in [0.3, 0.4) is 0 Å². The quantitative estimate of drug-likeness (QED) is 0.365. The van der Waals surface area contributed by atoms with Crippen molar-refractivity contribution in [2.75, 3.05) is 5.32 Å². The Morgan fingerprint density at radius 1 is 0.857 bits per heavy atom. The zero-order valence-corrected chi connectivity index (χ0v) is 15.0. The molecule has 0 atom stereocenters. The number of aromatic nitrogens is 2. The van der Waals surface area contributed by atoms with Crippen LogP contribution in [0.1, 0.15) is 15.9 Å². The molecule has 3 aromatic carbocycles. The van der Waals surface area contributed by atoms with Gasteiger partial charge >= 0.3 is 0 Å². The molecule has 1 aromatic heterocycles. The Morgan fingerprint density at radius 2 is 1.57 bits per heavy atom. The van der Waals surface area contributed by atoms with E-state index in [0.29, 0.717) is 18.1 Å². The molecule has 0 unspecified atom stereocenters. The molecule has 0 saturated carbocycles. The fraction of sp³-hybridized carbons (Fsp3) is 0.0455. The highest BCUT2D eigenvalue weighted by Crippen LogP contribution is 2.27. The average molecular weight is 370 g/mol. The summed E-state index contributed by atoms with van der Waals surface area (Å²) >= 11 is 0. The summed E-state index contributed by atoms with van der Waals surface area (Å²) < 4.78 is 0. The van der Waals surface area contributed by atoms with E-state index < -0.39 is 5.91 Å². The van der Waals surface area contributed by atoms with Crippen LogP contribution in [0.2, 0.25) is 0 Å². The fourth-order valence-electron chi connectivity index (χ4n) is 2.99. The minimum atomic E-state index is -0.537. The second-order valence-corrected chi connectivity index (χ2v) is 6.27. The van der Waals surface area contributed by atoms with Gasteiger partial charge in [0.1, 0.15) is 0 Å². The standard InChI is InChI=1S/C22H18N4O2/c27-21(26-28)17-12-10-15(11-13-17)14-23-22-24-19-9-5-4-8-18(19)20(25-22)16-6-2-1-3-7-16/h1-13,28H,14H2,(H,26,27)(H,23,24,25). The van der Waals surface area contributed by atoms with Crippen molar-refractivity contribution in [1.29, 1.82) is 0 Å². The Labute approximate surface area is 161 Å². The summed E-state index contributed by atoms with van der Waals surface area (Å²) in [5, 5.41) is 12.9. The summed E-state index contributed by atoms with van der Waals surface area (Å²) in [6.07, 6.45) is 0. The van der Waals surface area contributed by atoms with Gasteiger partial charge < -0.3 is 5.32 Å². The highest BCUT2D eigenvalue weighted by Gasteiger charge is 2.09. The Hall–Kier alpha value is -3.77. The van der Waals surface area contributed by atoms with Crippen LogP contribution in [0.5, 0.6) is 0 Å². The number of benzene rings is 3. The lowest BCUT2D eigenvalue weighted by atomic mass is 10.1. The van der Waals surface area contributed by atoms with Crippen molar-refractivity contribution in [3.8, 4) is 11.3 Å². The molecule has 0 bridgehead atoms. The number of nitrogens with zero attached hydrogens (tertiary/aromatic N) is 2. The SMILES string of the molecule is O=C(NO)c1ccc(CNc2nc(-c3ccccc3)c3ccccc3n2)cc1. The van der Waals surface area contributed by atoms with Gasteiger partial charge in [-0.05, 0) is 23.8 Å². The molecule has 0 aliphatic heterocycles. The molecule has 0 aliphatic carbocycles. The summed E-state index contributed by atoms with van der Waals surface area (Å²) in [6.45, 7) is 0.508. The van der Waals surface area contributed by atoms with Gasteiger partial charge in [0.25, 0.3) is 5.91 Å². The number of fused-ring (bicyclic) bond motifs is 1. The van der Waals surface area contributed by atoms with Crippen molar-refractivity contribution in [2.45, 2.75) is 6.54 Å². The van der Waals surface area contributed by atoms with Gasteiger partial charge in [-0.2, -0.15) is 0 Å². The molecule has 0 aliphatic rings. The number of para-hydroxylation sites is 1. The number of nitrogens with one attached hydrogen (secondary N) is 2. The third-order valence-corrected chi connectivity index (χ3v) is 4.42. The van der Waals surface area contributed by atoms with Crippen molar-refractivity contribution in [3.05, 3.63) is 90.0 Å². The number of anilines is 1. The fourth-order valence-corrected chi connectivity index (χ4v) is 2.99. The Kier molecular flexibility index (Phi) is 4.95. The average Bonchev–Trinajstić information content (AvgIpc) is 2.77. The Morgan fingerprint density at radius 3 is 2.32 bits per heavy atom. The van der Waals surface area contributed by atoms with Crippen molar-refractivity contribution < 1.29 is 10.0 Å². The van der Waals surface area contributed by atoms with E-state index in [2.05, 4.69) is 10.3 Å². The molecular weight excluding hydrogens is 352 g/mol. The molecule has 0 radical (unpaired) electrons. The molecule has 4 aromatic rings. The van der Waals surface area contributed by atoms with Crippen molar-refractivity contribution in [2.24, 2.45) is 0 Å². The molecule has 28 heavy (non-hydrogen) atoms. The van der Waals surface area contributed by atoms with E-state index in [9.17, 15) is 4.79 Å². The third kappa shape index (κ3) is 3.67. The molecule has 6 nitrogen and oxygen atoms in total. The Bertz CT molecular complexity index is 1110. The van der Waals surface area contributed by atoms with E-state index >= 15 is 0 Å². The first-order valence-corrected chi connectivity index (χ1v) is 8.84. The van der Waals surface area contributed by atoms with Crippen LogP contribution in [-0.2, 0) is 6.54 Å². The maximum Gasteiger partial charge on any atom is 0.274 e. The van der Waals surface area contributed by atoms with Crippen molar-refractivity contribution in [3.63, 3.8) is 0 Å². The van der Waals surface area contributed by atoms with Crippen LogP contribution in [0, 0.1) is 0 Å². The molecule has 4 rings (SSSR count). The van der Waals surface area contributed by atoms with Gasteiger partial charge in [-0.25, -0.2) is 15.4 Å². The first-order valence-electron chi connectivity index (χ1n) is 8.84. The minimum absolute atomic E-state index is 0.388. The molecule has 1 amide bonds. The molecule has 6 heteroatoms. The molecule has 1 heterocycles. The van der Waals surface area contributed by atoms with E-state index in [1.807, 2.05) is 66.7 Å². The normalized spacial score (nSPS) is 10.6. The largest absolute Gasteiger partial charge is 0.350 e. The lowest BCUT2D eigenvalue weighted by Gasteiger charge is -2.11. The van der Waals surface area contributed by atoms with Gasteiger partial charge in [0, 0.05) is 23.1 Å². The van der Waals surface area contributed by atoms with Crippen LogP contribution >= 0.6 is 0 Å². The smallest absolute Gasteiger partial charge is 0.274 e. The first kappa shape index (κ1) is 17.6. The second-order valence-electron chi connectivity index (χ2n) is 6.27. The van der Waals surface area contributed by atoms with Crippen LogP contribution in [0.4, 0.5) is 5.95 Å². The second kappa shape index (κ2) is 7.85. The van der Waals surface area contributed by atoms with E-state index in [0.717, 1.165) is 27.7 Å². The zero-order valence-electron chi connectivity index (χ0n) is 15.0. The van der Waals surface area contributed by atoms with E-state index in [-0.39, 0.29) is 0 Å². The molecular formula is C22H18N4O2. The van der Waals surface area contributed by atoms with Crippen LogP contribution in [-0.4, -0.2) is 21.1 Å². The number of carbonyl (C=O) groups excluding carboxylic acids is 1. The lowest BCUT2D eigenvalue weighted by molar-refractivity contribution is 0.0706. The molecule has 0 fully saturated rings. The Balaban J connectivity index is 1.62. The highest BCUT2D eigenvalue weighted by atomic mass is 16.5. The number of carbonyl (C=O) groups is 1. The summed E-state index contributed by atoms with van der Waals surface area (Å²) in [6, 6.07) is 24.9. The van der Waals surface area contributed by atoms with Crippen LogP contribution in [0.25, 0.3) is 22.2 Å². The molecule has 138 valence electrons. The van der Waals surface area contributed by atoms with Gasteiger partial charge in [0.05, 0.1) is 11.2 Å². The monoisotopic (exact) mass is 370 g/mol. The topological polar surface area (TPSA) is 87.1 Å². The predicted octanol–water partition coefficient (Wildman–Crippen LogP) is 4.03.